The van der Waals surface area contributed by atoms with E-state index in [0.29, 0.717) is 31.8 Å². The third-order valence-corrected chi connectivity index (χ3v) is 3.12. The summed E-state index contributed by atoms with van der Waals surface area (Å²) < 4.78 is 5.14. The van der Waals surface area contributed by atoms with Gasteiger partial charge in [0.15, 0.2) is 0 Å². The molecular formula is C10H17NO3. The average molecular weight is 199 g/mol. The fraction of sp³-hybridized carbons (Fsp3) is 0.900. The van der Waals surface area contributed by atoms with Crippen LogP contribution in [0.3, 0.4) is 0 Å². The lowest BCUT2D eigenvalue weighted by atomic mass is 9.86. The Bertz CT molecular complexity index is 210. The zero-order valence-corrected chi connectivity index (χ0v) is 8.37. The third-order valence-electron chi connectivity index (χ3n) is 3.12. The average Bonchev–Trinajstić information content (AvgIpc) is 2.15. The summed E-state index contributed by atoms with van der Waals surface area (Å²) in [7, 11) is 0. The van der Waals surface area contributed by atoms with E-state index >= 15 is 0 Å². The summed E-state index contributed by atoms with van der Waals surface area (Å²) >= 11 is 0. The highest BCUT2D eigenvalue weighted by molar-refractivity contribution is 5.79. The summed E-state index contributed by atoms with van der Waals surface area (Å²) in [5, 5.41) is 9.25. The molecule has 2 aliphatic rings. The van der Waals surface area contributed by atoms with E-state index in [9.17, 15) is 9.90 Å². The maximum Gasteiger partial charge on any atom is 0.135 e. The maximum atomic E-state index is 11.0. The van der Waals surface area contributed by atoms with Crippen molar-refractivity contribution < 1.29 is 14.6 Å². The van der Waals surface area contributed by atoms with Gasteiger partial charge in [0.05, 0.1) is 25.2 Å². The number of nitrogens with zero attached hydrogens (tertiary/aromatic N) is 1. The molecule has 4 nitrogen and oxygen atoms in total. The van der Waals surface area contributed by atoms with E-state index in [1.165, 1.54) is 0 Å². The van der Waals surface area contributed by atoms with Crippen molar-refractivity contribution in [1.82, 2.24) is 4.90 Å². The topological polar surface area (TPSA) is 49.8 Å². The van der Waals surface area contributed by atoms with E-state index in [4.69, 9.17) is 4.74 Å². The first-order chi connectivity index (χ1) is 6.74. The quantitative estimate of drug-likeness (QED) is 0.675. The first-order valence-electron chi connectivity index (χ1n) is 5.17. The van der Waals surface area contributed by atoms with Crippen LogP contribution in [0, 0.1) is 5.41 Å². The zero-order chi connectivity index (χ0) is 10.0. The van der Waals surface area contributed by atoms with Gasteiger partial charge in [-0.05, 0) is 0 Å². The van der Waals surface area contributed by atoms with Crippen molar-refractivity contribution >= 4 is 5.78 Å². The van der Waals surface area contributed by atoms with Crippen molar-refractivity contribution in [2.75, 3.05) is 39.5 Å². The number of likely N-dealkylation sites (tertiary alicyclic amines) is 1. The van der Waals surface area contributed by atoms with Crippen molar-refractivity contribution in [2.24, 2.45) is 5.41 Å². The monoisotopic (exact) mass is 199 g/mol. The number of ether oxygens (including phenoxy) is 1. The molecular weight excluding hydrogens is 182 g/mol. The van der Waals surface area contributed by atoms with Crippen LogP contribution in [0.2, 0.25) is 0 Å². The smallest absolute Gasteiger partial charge is 0.135 e. The second kappa shape index (κ2) is 3.96. The molecule has 4 heteroatoms. The zero-order valence-electron chi connectivity index (χ0n) is 8.37. The first-order valence-corrected chi connectivity index (χ1v) is 5.17. The molecule has 0 aromatic heterocycles. The van der Waals surface area contributed by atoms with Crippen LogP contribution in [0.5, 0.6) is 0 Å². The number of carbonyl (C=O) groups is 1. The van der Waals surface area contributed by atoms with E-state index in [1.807, 2.05) is 0 Å². The molecule has 0 radical (unpaired) electrons. The van der Waals surface area contributed by atoms with Gasteiger partial charge in [-0.25, -0.2) is 0 Å². The van der Waals surface area contributed by atoms with Crippen molar-refractivity contribution in [1.29, 1.82) is 0 Å². The fourth-order valence-electron chi connectivity index (χ4n) is 2.06. The molecule has 14 heavy (non-hydrogen) atoms. The largest absolute Gasteiger partial charge is 0.396 e. The Labute approximate surface area is 83.8 Å². The minimum absolute atomic E-state index is 0.0413. The number of aliphatic hydroxyl groups excluding tert-OH is 1. The molecule has 0 atom stereocenters. The second-order valence-corrected chi connectivity index (χ2v) is 4.47. The van der Waals surface area contributed by atoms with Gasteiger partial charge >= 0.3 is 0 Å². The summed E-state index contributed by atoms with van der Waals surface area (Å²) in [5.74, 6) is 0.365. The van der Waals surface area contributed by atoms with Crippen LogP contribution in [0.15, 0.2) is 0 Å². The van der Waals surface area contributed by atoms with E-state index in [1.54, 1.807) is 0 Å². The summed E-state index contributed by atoms with van der Waals surface area (Å²) in [6.45, 7) is 4.08. The van der Waals surface area contributed by atoms with E-state index in [0.717, 1.165) is 19.6 Å². The minimum Gasteiger partial charge on any atom is -0.396 e. The minimum atomic E-state index is -0.0413. The molecule has 2 heterocycles. The summed E-state index contributed by atoms with van der Waals surface area (Å²) in [6, 6.07) is 0. The van der Waals surface area contributed by atoms with Gasteiger partial charge in [-0.3, -0.25) is 4.79 Å². The Morgan fingerprint density at radius 1 is 1.36 bits per heavy atom. The molecule has 0 spiro atoms. The molecule has 0 amide bonds. The third kappa shape index (κ3) is 1.97. The maximum absolute atomic E-state index is 11.0. The number of piperidine rings is 1. The highest BCUT2D eigenvalue weighted by atomic mass is 16.5. The standard InChI is InChI=1S/C10H17NO3/c12-6-10(7-14-8-10)5-11-3-1-9(13)2-4-11/h12H,1-8H2. The van der Waals surface area contributed by atoms with Crippen LogP contribution >= 0.6 is 0 Å². The Kier molecular flexibility index (Phi) is 2.85. The lowest BCUT2D eigenvalue weighted by Gasteiger charge is -2.44. The Hall–Kier alpha value is -0.450. The van der Waals surface area contributed by atoms with Crippen LogP contribution in [-0.2, 0) is 9.53 Å². The molecule has 0 bridgehead atoms. The predicted molar refractivity (Wildman–Crippen MR) is 51.0 cm³/mol. The molecule has 1 N–H and O–H groups in total. The molecule has 0 saturated carbocycles. The highest BCUT2D eigenvalue weighted by Gasteiger charge is 2.39. The van der Waals surface area contributed by atoms with Crippen molar-refractivity contribution in [3.05, 3.63) is 0 Å². The lowest BCUT2D eigenvalue weighted by Crippen LogP contribution is -2.54. The molecule has 0 unspecified atom stereocenters. The second-order valence-electron chi connectivity index (χ2n) is 4.47. The van der Waals surface area contributed by atoms with Gasteiger partial charge in [0.1, 0.15) is 5.78 Å². The molecule has 2 aliphatic heterocycles. The SMILES string of the molecule is O=C1CCN(CC2(CO)COC2)CC1. The van der Waals surface area contributed by atoms with Gasteiger partial charge in [0, 0.05) is 32.5 Å². The molecule has 80 valence electrons. The van der Waals surface area contributed by atoms with Crippen LogP contribution in [0.1, 0.15) is 12.8 Å². The fourth-order valence-corrected chi connectivity index (χ4v) is 2.06. The summed E-state index contributed by atoms with van der Waals surface area (Å²) in [6.07, 6.45) is 1.34. The van der Waals surface area contributed by atoms with Gasteiger partial charge < -0.3 is 14.7 Å². The number of hydrogen-bond acceptors (Lipinski definition) is 4. The molecule has 0 aromatic carbocycles. The number of aliphatic hydroxyl groups is 1. The lowest BCUT2D eigenvalue weighted by molar-refractivity contribution is -0.150. The Morgan fingerprint density at radius 3 is 2.43 bits per heavy atom. The summed E-state index contributed by atoms with van der Waals surface area (Å²) in [5.41, 5.74) is -0.0413. The molecule has 0 aliphatic carbocycles. The van der Waals surface area contributed by atoms with Gasteiger partial charge in [0.2, 0.25) is 0 Å². The molecule has 0 aromatic rings. The Balaban J connectivity index is 1.82. The number of hydrogen-bond donors (Lipinski definition) is 1. The summed E-state index contributed by atoms with van der Waals surface area (Å²) in [4.78, 5) is 13.3. The van der Waals surface area contributed by atoms with E-state index < -0.39 is 0 Å². The van der Waals surface area contributed by atoms with Gasteiger partial charge in [0.25, 0.3) is 0 Å². The van der Waals surface area contributed by atoms with Crippen LogP contribution < -0.4 is 0 Å². The number of ketones is 1. The van der Waals surface area contributed by atoms with Crippen LogP contribution in [-0.4, -0.2) is 55.2 Å². The van der Waals surface area contributed by atoms with E-state index in [-0.39, 0.29) is 12.0 Å². The van der Waals surface area contributed by atoms with Crippen LogP contribution in [0.4, 0.5) is 0 Å². The predicted octanol–water partition coefficient (Wildman–Crippen LogP) is -0.340. The van der Waals surface area contributed by atoms with E-state index in [2.05, 4.69) is 4.90 Å². The van der Waals surface area contributed by atoms with Gasteiger partial charge in [-0.2, -0.15) is 0 Å². The highest BCUT2D eigenvalue weighted by Crippen LogP contribution is 2.28. The Morgan fingerprint density at radius 2 is 2.00 bits per heavy atom. The molecule has 2 fully saturated rings. The number of carbonyl (C=O) groups excluding carboxylic acids is 1. The van der Waals surface area contributed by atoms with Gasteiger partial charge in [-0.1, -0.05) is 0 Å². The number of rotatable bonds is 3. The first kappa shape index (κ1) is 10.1. The molecule has 2 rings (SSSR count). The van der Waals surface area contributed by atoms with Crippen LogP contribution in [0.25, 0.3) is 0 Å². The molecule has 2 saturated heterocycles. The normalized spacial score (nSPS) is 27.4. The number of Topliss-reactive ketones (excluding diaryl/α,β-unsaturated/α-hetero) is 1. The van der Waals surface area contributed by atoms with Crippen molar-refractivity contribution in [3.63, 3.8) is 0 Å². The van der Waals surface area contributed by atoms with Gasteiger partial charge in [-0.15, -0.1) is 0 Å². The van der Waals surface area contributed by atoms with Crippen molar-refractivity contribution in [3.8, 4) is 0 Å². The van der Waals surface area contributed by atoms with Crippen molar-refractivity contribution in [2.45, 2.75) is 12.8 Å².